The second kappa shape index (κ2) is 3.90. The molecule has 5 heteroatoms. The van der Waals surface area contributed by atoms with E-state index in [1.807, 2.05) is 0 Å². The van der Waals surface area contributed by atoms with E-state index in [1.165, 1.54) is 12.8 Å². The van der Waals surface area contributed by atoms with Gasteiger partial charge in [-0.2, -0.15) is 0 Å². The molecule has 0 aromatic carbocycles. The minimum Gasteiger partial charge on any atom is -0.393 e. The fourth-order valence-corrected chi connectivity index (χ4v) is 1.71. The fourth-order valence-electron chi connectivity index (χ4n) is 1.25. The second-order valence-corrected chi connectivity index (χ2v) is 4.82. The average Bonchev–Trinajstić information content (AvgIpc) is 2.91. The third-order valence-electron chi connectivity index (χ3n) is 2.12. The predicted molar refractivity (Wildman–Crippen MR) is 62.2 cm³/mol. The Hall–Kier alpha value is -0.550. The lowest BCUT2D eigenvalue weighted by molar-refractivity contribution is 0.890. The first-order chi connectivity index (χ1) is 6.66. The first kappa shape index (κ1) is 9.98. The summed E-state index contributed by atoms with van der Waals surface area (Å²) < 4.78 is 0.884. The van der Waals surface area contributed by atoms with Gasteiger partial charge in [0, 0.05) is 18.5 Å². The fraction of sp³-hybridized carbons (Fsp3) is 0.444. The largest absolute Gasteiger partial charge is 0.393 e. The van der Waals surface area contributed by atoms with E-state index < -0.39 is 0 Å². The Balaban J connectivity index is 2.26. The Bertz CT molecular complexity index is 376. The second-order valence-electron chi connectivity index (χ2n) is 3.44. The number of nitrogens with two attached hydrogens (primary N) is 1. The molecule has 14 heavy (non-hydrogen) atoms. The van der Waals surface area contributed by atoms with Crippen LogP contribution in [0.4, 0.5) is 0 Å². The summed E-state index contributed by atoms with van der Waals surface area (Å²) in [5.74, 6) is 1.49. The van der Waals surface area contributed by atoms with Gasteiger partial charge in [-0.3, -0.25) is 0 Å². The lowest BCUT2D eigenvalue weighted by Crippen LogP contribution is -2.13. The molecule has 1 fully saturated rings. The highest BCUT2D eigenvalue weighted by Gasteiger charge is 2.26. The van der Waals surface area contributed by atoms with Crippen molar-refractivity contribution in [3.8, 4) is 0 Å². The van der Waals surface area contributed by atoms with Crippen LogP contribution in [0.15, 0.2) is 10.7 Å². The van der Waals surface area contributed by atoms with E-state index in [2.05, 4.69) is 25.9 Å². The van der Waals surface area contributed by atoms with Crippen LogP contribution in [-0.2, 0) is 6.42 Å². The minimum absolute atomic E-state index is 0.464. The van der Waals surface area contributed by atoms with Gasteiger partial charge in [0.1, 0.15) is 5.82 Å². The molecule has 0 spiro atoms. The number of nitrogens with zero attached hydrogens (tertiary/aromatic N) is 2. The van der Waals surface area contributed by atoms with Gasteiger partial charge >= 0.3 is 0 Å². The molecule has 1 aliphatic rings. The molecule has 2 N–H and O–H groups in total. The highest BCUT2D eigenvalue weighted by molar-refractivity contribution is 9.10. The molecule has 0 bridgehead atoms. The first-order valence-electron chi connectivity index (χ1n) is 4.46. The highest BCUT2D eigenvalue weighted by atomic mass is 79.9. The summed E-state index contributed by atoms with van der Waals surface area (Å²) in [5, 5.41) is 0. The van der Waals surface area contributed by atoms with Gasteiger partial charge < -0.3 is 5.73 Å². The van der Waals surface area contributed by atoms with E-state index in [4.69, 9.17) is 18.0 Å². The number of rotatable bonds is 3. The van der Waals surface area contributed by atoms with Crippen LogP contribution in [0.1, 0.15) is 30.3 Å². The van der Waals surface area contributed by atoms with Crippen LogP contribution in [0.5, 0.6) is 0 Å². The van der Waals surface area contributed by atoms with Gasteiger partial charge in [-0.1, -0.05) is 12.2 Å². The molecule has 1 aromatic heterocycles. The van der Waals surface area contributed by atoms with Gasteiger partial charge in [-0.15, -0.1) is 0 Å². The zero-order valence-corrected chi connectivity index (χ0v) is 9.94. The summed E-state index contributed by atoms with van der Waals surface area (Å²) in [5.41, 5.74) is 6.38. The lowest BCUT2D eigenvalue weighted by Gasteiger charge is -2.04. The molecule has 0 aliphatic heterocycles. The van der Waals surface area contributed by atoms with E-state index in [0.29, 0.717) is 17.3 Å². The lowest BCUT2D eigenvalue weighted by atomic mass is 10.3. The van der Waals surface area contributed by atoms with Crippen LogP contribution >= 0.6 is 28.1 Å². The van der Waals surface area contributed by atoms with Gasteiger partial charge in [-0.25, -0.2) is 9.97 Å². The van der Waals surface area contributed by atoms with Crippen molar-refractivity contribution in [2.75, 3.05) is 0 Å². The van der Waals surface area contributed by atoms with Crippen molar-refractivity contribution in [3.63, 3.8) is 0 Å². The minimum atomic E-state index is 0.464. The SMILES string of the molecule is NC(=S)Cc1nc(C2CC2)ncc1Br. The van der Waals surface area contributed by atoms with Crippen LogP contribution in [0.3, 0.4) is 0 Å². The molecule has 0 amide bonds. The van der Waals surface area contributed by atoms with Crippen LogP contribution in [0.2, 0.25) is 0 Å². The van der Waals surface area contributed by atoms with Crippen LogP contribution in [0, 0.1) is 0 Å². The molecule has 0 saturated heterocycles. The standard InChI is InChI=1S/C9H10BrN3S/c10-6-4-12-9(5-1-2-5)13-7(6)3-8(11)14/h4-5H,1-3H2,(H2,11,14). The third-order valence-corrected chi connectivity index (χ3v) is 2.93. The number of hydrogen-bond acceptors (Lipinski definition) is 3. The van der Waals surface area contributed by atoms with E-state index in [1.54, 1.807) is 6.20 Å². The van der Waals surface area contributed by atoms with Crippen LogP contribution in [-0.4, -0.2) is 15.0 Å². The summed E-state index contributed by atoms with van der Waals surface area (Å²) >= 11 is 8.25. The summed E-state index contributed by atoms with van der Waals surface area (Å²) in [6.07, 6.45) is 4.73. The number of halogens is 1. The zero-order valence-electron chi connectivity index (χ0n) is 7.53. The topological polar surface area (TPSA) is 51.8 Å². The van der Waals surface area contributed by atoms with E-state index in [-0.39, 0.29) is 0 Å². The monoisotopic (exact) mass is 271 g/mol. The molecule has 1 aliphatic carbocycles. The number of hydrogen-bond donors (Lipinski definition) is 1. The summed E-state index contributed by atoms with van der Waals surface area (Å²) in [4.78, 5) is 9.18. The van der Waals surface area contributed by atoms with Crippen molar-refractivity contribution in [2.24, 2.45) is 5.73 Å². The van der Waals surface area contributed by atoms with E-state index in [9.17, 15) is 0 Å². The molecular formula is C9H10BrN3S. The summed E-state index contributed by atoms with van der Waals surface area (Å²) in [6, 6.07) is 0. The van der Waals surface area contributed by atoms with Crippen molar-refractivity contribution in [1.29, 1.82) is 0 Å². The molecule has 2 rings (SSSR count). The van der Waals surface area contributed by atoms with Crippen molar-refractivity contribution in [2.45, 2.75) is 25.2 Å². The molecule has 0 radical (unpaired) electrons. The molecule has 0 atom stereocenters. The smallest absolute Gasteiger partial charge is 0.131 e. The van der Waals surface area contributed by atoms with Crippen LogP contribution in [0.25, 0.3) is 0 Å². The molecule has 74 valence electrons. The van der Waals surface area contributed by atoms with Gasteiger partial charge in [0.15, 0.2) is 0 Å². The van der Waals surface area contributed by atoms with Gasteiger partial charge in [0.05, 0.1) is 15.2 Å². The molecule has 3 nitrogen and oxygen atoms in total. The maximum absolute atomic E-state index is 5.49. The average molecular weight is 272 g/mol. The van der Waals surface area contributed by atoms with Crippen LogP contribution < -0.4 is 5.73 Å². The summed E-state index contributed by atoms with van der Waals surface area (Å²) in [6.45, 7) is 0. The molecule has 1 aromatic rings. The van der Waals surface area contributed by atoms with Crippen molar-refractivity contribution in [3.05, 3.63) is 22.2 Å². The van der Waals surface area contributed by atoms with E-state index in [0.717, 1.165) is 16.0 Å². The third kappa shape index (κ3) is 2.27. The zero-order chi connectivity index (χ0) is 10.1. The number of aromatic nitrogens is 2. The van der Waals surface area contributed by atoms with Gasteiger partial charge in [-0.05, 0) is 28.8 Å². The van der Waals surface area contributed by atoms with Gasteiger partial charge in [0.2, 0.25) is 0 Å². The Kier molecular flexibility index (Phi) is 2.78. The quantitative estimate of drug-likeness (QED) is 0.854. The van der Waals surface area contributed by atoms with Crippen molar-refractivity contribution >= 4 is 33.1 Å². The van der Waals surface area contributed by atoms with Crippen molar-refractivity contribution < 1.29 is 0 Å². The maximum atomic E-state index is 5.49. The van der Waals surface area contributed by atoms with E-state index >= 15 is 0 Å². The molecule has 0 unspecified atom stereocenters. The normalized spacial score (nSPS) is 15.5. The van der Waals surface area contributed by atoms with Gasteiger partial charge in [0.25, 0.3) is 0 Å². The Morgan fingerprint density at radius 3 is 2.93 bits per heavy atom. The number of thiocarbonyl (C=S) groups is 1. The Labute approximate surface area is 96.3 Å². The Morgan fingerprint density at radius 2 is 2.36 bits per heavy atom. The summed E-state index contributed by atoms with van der Waals surface area (Å²) in [7, 11) is 0. The highest BCUT2D eigenvalue weighted by Crippen LogP contribution is 2.38. The first-order valence-corrected chi connectivity index (χ1v) is 5.66. The predicted octanol–water partition coefficient (Wildman–Crippen LogP) is 1.95. The van der Waals surface area contributed by atoms with Crippen molar-refractivity contribution in [1.82, 2.24) is 9.97 Å². The molecule has 1 saturated carbocycles. The molecule has 1 heterocycles. The molecular weight excluding hydrogens is 262 g/mol. The Morgan fingerprint density at radius 1 is 1.64 bits per heavy atom. The maximum Gasteiger partial charge on any atom is 0.131 e.